The van der Waals surface area contributed by atoms with Crippen LogP contribution in [0.4, 0.5) is 10.8 Å². The van der Waals surface area contributed by atoms with Gasteiger partial charge in [0.1, 0.15) is 34.6 Å². The molecule has 2 amide bonds. The predicted octanol–water partition coefficient (Wildman–Crippen LogP) is 1.07. The fourth-order valence-corrected chi connectivity index (χ4v) is 7.25. The summed E-state index contributed by atoms with van der Waals surface area (Å²) < 4.78 is 0. The average Bonchev–Trinajstić information content (AvgIpc) is 3.44. The highest BCUT2D eigenvalue weighted by atomic mass is 35.5. The number of amides is 2. The molecule has 20 heteroatoms. The number of benzene rings is 1. The number of carbonyl (C=O) groups excluding carboxylic acids is 2. The molecule has 0 radical (unpaired) electrons. The number of β-lactam (4-membered cyclic amide) rings is 1. The van der Waals surface area contributed by atoms with E-state index in [0.717, 1.165) is 33.4 Å². The maximum Gasteiger partial charge on any atom is 0.353 e. The number of aromatic nitrogens is 1. The molecular formula is C27H26ClN9O7S3. The minimum absolute atomic E-state index is 0.0146. The van der Waals surface area contributed by atoms with Gasteiger partial charge in [-0.15, -0.1) is 23.1 Å². The van der Waals surface area contributed by atoms with Gasteiger partial charge in [0.05, 0.1) is 0 Å². The van der Waals surface area contributed by atoms with Gasteiger partial charge in [-0.3, -0.25) is 14.5 Å². The molecule has 0 saturated carbocycles. The van der Waals surface area contributed by atoms with E-state index in [2.05, 4.69) is 20.4 Å². The number of nitrogen functional groups attached to an aromatic ring is 1. The third-order valence-corrected chi connectivity index (χ3v) is 9.81. The number of hydrogen-bond acceptors (Lipinski definition) is 15. The molecule has 3 aliphatic rings. The highest BCUT2D eigenvalue weighted by Gasteiger charge is 2.65. The Hall–Kier alpha value is -4.56. The molecule has 1 aromatic carbocycles. The first-order chi connectivity index (χ1) is 22.1. The van der Waals surface area contributed by atoms with Crippen molar-refractivity contribution in [3.8, 4) is 0 Å². The number of aliphatic imine (C=N–C) groups is 1. The number of carboxylic acid groups (broad SMARTS) is 2. The van der Waals surface area contributed by atoms with Gasteiger partial charge >= 0.3 is 11.9 Å². The Morgan fingerprint density at radius 1 is 1.23 bits per heavy atom. The zero-order valence-electron chi connectivity index (χ0n) is 24.4. The number of halogens is 1. The molecule has 1 aromatic heterocycles. The third-order valence-electron chi connectivity index (χ3n) is 7.16. The van der Waals surface area contributed by atoms with Crippen molar-refractivity contribution >= 4 is 98.4 Å². The van der Waals surface area contributed by atoms with Crippen molar-refractivity contribution in [1.29, 1.82) is 0 Å². The lowest BCUT2D eigenvalue weighted by molar-refractivity contribution is -0.161. The van der Waals surface area contributed by atoms with E-state index in [9.17, 15) is 29.4 Å². The Kier molecular flexibility index (Phi) is 9.03. The van der Waals surface area contributed by atoms with Crippen LogP contribution in [-0.4, -0.2) is 89.2 Å². The zero-order valence-corrected chi connectivity index (χ0v) is 27.6. The van der Waals surface area contributed by atoms with E-state index >= 15 is 0 Å². The van der Waals surface area contributed by atoms with E-state index < -0.39 is 57.8 Å². The number of carbonyl (C=O) groups is 4. The summed E-state index contributed by atoms with van der Waals surface area (Å²) in [4.78, 5) is 68.1. The number of nitrogens with two attached hydrogens (primary N) is 3. The fraction of sp³-hybridized carbons (Fsp3) is 0.259. The summed E-state index contributed by atoms with van der Waals surface area (Å²) in [6, 6.07) is 6.60. The van der Waals surface area contributed by atoms with Gasteiger partial charge in [-0.05, 0) is 44.2 Å². The van der Waals surface area contributed by atoms with E-state index in [-0.39, 0.29) is 33.8 Å². The number of oxime groups is 1. The highest BCUT2D eigenvalue weighted by Crippen LogP contribution is 2.46. The number of thiazole rings is 1. The normalized spacial score (nSPS) is 22.9. The molecule has 246 valence electrons. The van der Waals surface area contributed by atoms with Crippen molar-refractivity contribution in [1.82, 2.24) is 15.2 Å². The van der Waals surface area contributed by atoms with Crippen molar-refractivity contribution in [2.24, 2.45) is 21.6 Å². The molecule has 4 heterocycles. The first-order valence-corrected chi connectivity index (χ1v) is 16.2. The quantitative estimate of drug-likeness (QED) is 0.0870. The number of rotatable bonds is 10. The monoisotopic (exact) mass is 719 g/mol. The molecule has 0 bridgehead atoms. The fourth-order valence-electron chi connectivity index (χ4n) is 4.77. The zero-order chi connectivity index (χ0) is 34.4. The first kappa shape index (κ1) is 33.8. The second-order valence-electron chi connectivity index (χ2n) is 10.7. The standard InChI is InChI=1S/C27H26ClN9O7S3/c1-26(2,24(42)43)44-35-17(14-9-47-25(31)32-14)20(38)34-27(10-45)22(41)37-18(21(39)40)13(8-46-23(27)37)19-33-15(29)7-16(30)36(19)12-5-3-11(28)4-6-12/h3-7,9-10,16,23H,8,29-30H2,1-2H3,(H2,31,32)(H,34,38)(H,39,40)(H,42,43)/b35-17-/t16?,23-,27?/m0/s1. The molecule has 1 saturated heterocycles. The molecule has 47 heavy (non-hydrogen) atoms. The lowest BCUT2D eigenvalue weighted by Gasteiger charge is -2.55. The Morgan fingerprint density at radius 3 is 2.49 bits per heavy atom. The molecule has 0 aliphatic carbocycles. The van der Waals surface area contributed by atoms with Crippen molar-refractivity contribution in [2.75, 3.05) is 16.4 Å². The molecule has 2 unspecified atom stereocenters. The predicted molar refractivity (Wildman–Crippen MR) is 180 cm³/mol. The maximum absolute atomic E-state index is 13.9. The Bertz CT molecular complexity index is 1820. The van der Waals surface area contributed by atoms with Crippen LogP contribution >= 0.6 is 46.9 Å². The summed E-state index contributed by atoms with van der Waals surface area (Å²) in [5.41, 5.74) is 14.2. The van der Waals surface area contributed by atoms with Crippen molar-refractivity contribution in [3.63, 3.8) is 0 Å². The van der Waals surface area contributed by atoms with Crippen LogP contribution in [0.25, 0.3) is 0 Å². The van der Waals surface area contributed by atoms with Gasteiger partial charge in [-0.1, -0.05) is 29.0 Å². The number of nitrogens with one attached hydrogen (secondary N) is 1. The molecule has 3 atom stereocenters. The van der Waals surface area contributed by atoms with Crippen LogP contribution in [0.1, 0.15) is 19.5 Å². The number of fused-ring (bicyclic) bond motifs is 1. The van der Waals surface area contributed by atoms with Crippen LogP contribution in [0, 0.1) is 0 Å². The summed E-state index contributed by atoms with van der Waals surface area (Å²) in [5.74, 6) is -4.55. The van der Waals surface area contributed by atoms with Gasteiger partial charge in [0.2, 0.25) is 5.60 Å². The van der Waals surface area contributed by atoms with Gasteiger partial charge in [-0.25, -0.2) is 19.6 Å². The van der Waals surface area contributed by atoms with E-state index in [0.29, 0.717) is 10.7 Å². The highest BCUT2D eigenvalue weighted by molar-refractivity contribution is 8.00. The summed E-state index contributed by atoms with van der Waals surface area (Å²) in [6.45, 7) is 2.43. The van der Waals surface area contributed by atoms with Crippen LogP contribution in [0.3, 0.4) is 0 Å². The second kappa shape index (κ2) is 12.6. The Morgan fingerprint density at radius 2 is 1.91 bits per heavy atom. The maximum atomic E-state index is 13.9. The number of anilines is 2. The first-order valence-electron chi connectivity index (χ1n) is 13.4. The van der Waals surface area contributed by atoms with Gasteiger partial charge in [0, 0.05) is 32.8 Å². The molecule has 9 N–H and O–H groups in total. The lowest BCUT2D eigenvalue weighted by atomic mass is 9.87. The van der Waals surface area contributed by atoms with Crippen LogP contribution in [0.15, 0.2) is 63.0 Å². The number of carboxylic acids is 2. The van der Waals surface area contributed by atoms with Gasteiger partial charge in [0.15, 0.2) is 16.4 Å². The Balaban J connectivity index is 1.51. The summed E-state index contributed by atoms with van der Waals surface area (Å²) >= 11 is 13.4. The number of nitrogens with zero attached hydrogens (tertiary/aromatic N) is 5. The minimum Gasteiger partial charge on any atom is -0.478 e. The van der Waals surface area contributed by atoms with Crippen LogP contribution in [-0.2, 0) is 24.0 Å². The van der Waals surface area contributed by atoms with E-state index in [1.807, 2.05) is 0 Å². The third kappa shape index (κ3) is 6.02. The van der Waals surface area contributed by atoms with Gasteiger partial charge in [-0.2, -0.15) is 0 Å². The number of hydrogen-bond donors (Lipinski definition) is 6. The summed E-state index contributed by atoms with van der Waals surface area (Å²) in [7, 11) is 0. The van der Waals surface area contributed by atoms with Crippen LogP contribution in [0.2, 0.25) is 5.02 Å². The molecule has 2 aromatic rings. The number of aliphatic carboxylic acids is 2. The van der Waals surface area contributed by atoms with E-state index in [4.69, 9.17) is 45.9 Å². The largest absolute Gasteiger partial charge is 0.478 e. The Labute approximate surface area is 284 Å². The molecule has 5 rings (SSSR count). The van der Waals surface area contributed by atoms with E-state index in [1.54, 1.807) is 29.2 Å². The van der Waals surface area contributed by atoms with Crippen LogP contribution < -0.4 is 27.4 Å². The number of thioether (sulfide) groups is 1. The summed E-state index contributed by atoms with van der Waals surface area (Å²) in [5, 5.41) is 28.1. The van der Waals surface area contributed by atoms with Crippen molar-refractivity contribution in [2.45, 2.75) is 36.5 Å². The van der Waals surface area contributed by atoms with Crippen molar-refractivity contribution in [3.05, 3.63) is 63.5 Å². The second-order valence-corrected chi connectivity index (χ2v) is 13.3. The summed E-state index contributed by atoms with van der Waals surface area (Å²) in [6.07, 6.45) is 0.640. The molecule has 0 spiro atoms. The average molecular weight is 720 g/mol. The molecule has 1 fully saturated rings. The van der Waals surface area contributed by atoms with Gasteiger partial charge in [0.25, 0.3) is 11.8 Å². The van der Waals surface area contributed by atoms with E-state index in [1.165, 1.54) is 25.3 Å². The number of amidine groups is 1. The molecular weight excluding hydrogens is 694 g/mol. The molecule has 16 nitrogen and oxygen atoms in total. The topological polar surface area (TPSA) is 252 Å². The smallest absolute Gasteiger partial charge is 0.353 e. The van der Waals surface area contributed by atoms with Gasteiger partial charge < -0.3 is 42.5 Å². The lowest BCUT2D eigenvalue weighted by Crippen LogP contribution is -2.81. The van der Waals surface area contributed by atoms with Crippen molar-refractivity contribution < 1.29 is 34.2 Å². The SMILES string of the molecule is CC(C)(O/N=C(\C(=O)NC1(C=S)C(=O)N2C(C(=O)O)=C(C3=NC(N)=CC(N)N3c3ccc(Cl)cc3)CS[C@H]21)c1csc(N)n1)C(=O)O. The number of thiocarbonyl (C=S) groups is 1. The van der Waals surface area contributed by atoms with Crippen LogP contribution in [0.5, 0.6) is 0 Å². The molecule has 3 aliphatic heterocycles. The minimum atomic E-state index is -1.88.